The van der Waals surface area contributed by atoms with Crippen LogP contribution < -0.4 is 20.4 Å². The lowest BCUT2D eigenvalue weighted by atomic mass is 9.77. The quantitative estimate of drug-likeness (QED) is 0.284. The third kappa shape index (κ3) is 7.79. The van der Waals surface area contributed by atoms with Crippen molar-refractivity contribution < 1.29 is 22.8 Å². The fourth-order valence-electron chi connectivity index (χ4n) is 9.67. The Kier molecular flexibility index (Phi) is 11.2. The molecule has 4 saturated heterocycles. The number of carbonyl (C=O) groups is 3. The van der Waals surface area contributed by atoms with E-state index in [9.17, 15) is 28.1 Å². The SMILES string of the molecule is CC1(C)C(=O)N(C2CCC(=O)NC2=O)c2cccc(C3CCN(CC4CCN(c5cc(S(=O)(=O)N6CCC(Nc7ncc(Cl)cn7)CC6)ccc5C#N)CC4)CC3)c21. The van der Waals surface area contributed by atoms with E-state index >= 15 is 0 Å². The summed E-state index contributed by atoms with van der Waals surface area (Å²) in [6.45, 7) is 8.97. The van der Waals surface area contributed by atoms with E-state index in [2.05, 4.69) is 42.5 Å². The van der Waals surface area contributed by atoms with Gasteiger partial charge in [-0.15, -0.1) is 0 Å². The first-order chi connectivity index (χ1) is 27.8. The number of hydrogen-bond donors (Lipinski definition) is 2. The number of nitriles is 1. The summed E-state index contributed by atoms with van der Waals surface area (Å²) in [6.07, 6.45) is 8.63. The number of piperidine rings is 4. The third-order valence-corrected chi connectivity index (χ3v) is 15.0. The number of anilines is 3. The molecule has 306 valence electrons. The smallest absolute Gasteiger partial charge is 0.249 e. The molecule has 0 saturated carbocycles. The molecule has 5 aliphatic heterocycles. The van der Waals surface area contributed by atoms with Gasteiger partial charge in [-0.05, 0) is 119 Å². The van der Waals surface area contributed by atoms with Crippen LogP contribution in [0.4, 0.5) is 17.3 Å². The summed E-state index contributed by atoms with van der Waals surface area (Å²) in [5, 5.41) is 16.1. The van der Waals surface area contributed by atoms with Crippen molar-refractivity contribution in [2.45, 2.75) is 93.5 Å². The largest absolute Gasteiger partial charge is 0.370 e. The molecule has 8 rings (SSSR count). The molecule has 2 N–H and O–H groups in total. The van der Waals surface area contributed by atoms with Crippen molar-refractivity contribution in [1.29, 1.82) is 5.26 Å². The zero-order chi connectivity index (χ0) is 40.8. The number of sulfonamides is 1. The van der Waals surface area contributed by atoms with Crippen LogP contribution in [0.2, 0.25) is 5.02 Å². The van der Waals surface area contributed by atoms with Gasteiger partial charge in [-0.3, -0.25) is 24.6 Å². The fourth-order valence-corrected chi connectivity index (χ4v) is 11.3. The molecule has 0 radical (unpaired) electrons. The van der Waals surface area contributed by atoms with Gasteiger partial charge in [0.05, 0.1) is 39.0 Å². The Balaban J connectivity index is 0.860. The van der Waals surface area contributed by atoms with Crippen LogP contribution in [-0.4, -0.2) is 103 Å². The van der Waals surface area contributed by atoms with Crippen molar-refractivity contribution in [2.24, 2.45) is 5.92 Å². The molecule has 0 aliphatic carbocycles. The molecule has 1 aromatic heterocycles. The number of aromatic nitrogens is 2. The van der Waals surface area contributed by atoms with Crippen molar-refractivity contribution >= 4 is 56.7 Å². The van der Waals surface area contributed by atoms with E-state index in [1.165, 1.54) is 22.3 Å². The highest BCUT2D eigenvalue weighted by molar-refractivity contribution is 7.89. The van der Waals surface area contributed by atoms with Crippen LogP contribution >= 0.6 is 11.6 Å². The van der Waals surface area contributed by atoms with Crippen molar-refractivity contribution in [3.05, 3.63) is 70.5 Å². The molecule has 2 aromatic carbocycles. The Morgan fingerprint density at radius 2 is 1.62 bits per heavy atom. The number of fused-ring (bicyclic) bond motifs is 1. The molecule has 1 atom stereocenters. The van der Waals surface area contributed by atoms with Crippen LogP contribution in [0.15, 0.2) is 53.7 Å². The van der Waals surface area contributed by atoms with Crippen LogP contribution in [0.25, 0.3) is 0 Å². The lowest BCUT2D eigenvalue weighted by Crippen LogP contribution is -2.55. The van der Waals surface area contributed by atoms with Gasteiger partial charge in [-0.25, -0.2) is 18.4 Å². The highest BCUT2D eigenvalue weighted by Gasteiger charge is 2.50. The number of nitrogens with one attached hydrogen (secondary N) is 2. The Morgan fingerprint density at radius 1 is 0.914 bits per heavy atom. The minimum atomic E-state index is -3.76. The number of rotatable bonds is 9. The summed E-state index contributed by atoms with van der Waals surface area (Å²) in [6, 6.07) is 12.6. The number of carbonyl (C=O) groups excluding carboxylic acids is 3. The first-order valence-electron chi connectivity index (χ1n) is 20.4. The first kappa shape index (κ1) is 40.2. The fraction of sp³-hybridized carbons (Fsp3) is 0.524. The zero-order valence-corrected chi connectivity index (χ0v) is 34.6. The summed E-state index contributed by atoms with van der Waals surface area (Å²) < 4.78 is 29.2. The summed E-state index contributed by atoms with van der Waals surface area (Å²) in [4.78, 5) is 53.5. The number of hydrogen-bond acceptors (Lipinski definition) is 11. The Hall–Kier alpha value is -4.62. The molecule has 5 aliphatic rings. The molecule has 3 amide bonds. The molecule has 3 aromatic rings. The second-order valence-electron chi connectivity index (χ2n) is 16.9. The number of likely N-dealkylation sites (tertiary alicyclic amines) is 1. The maximum absolute atomic E-state index is 13.9. The first-order valence-corrected chi connectivity index (χ1v) is 22.2. The second-order valence-corrected chi connectivity index (χ2v) is 19.2. The molecular weight excluding hydrogens is 778 g/mol. The van der Waals surface area contributed by atoms with E-state index in [1.54, 1.807) is 23.1 Å². The van der Waals surface area contributed by atoms with E-state index in [4.69, 9.17) is 11.6 Å². The van der Waals surface area contributed by atoms with Gasteiger partial charge in [-0.1, -0.05) is 23.7 Å². The maximum Gasteiger partial charge on any atom is 0.249 e. The van der Waals surface area contributed by atoms with E-state index in [-0.39, 0.29) is 29.2 Å². The van der Waals surface area contributed by atoms with E-state index in [0.717, 1.165) is 69.7 Å². The van der Waals surface area contributed by atoms with Gasteiger partial charge in [-0.2, -0.15) is 9.57 Å². The van der Waals surface area contributed by atoms with Gasteiger partial charge in [0.1, 0.15) is 12.1 Å². The molecular formula is C42H50ClN9O5S. The van der Waals surface area contributed by atoms with Crippen molar-refractivity contribution in [3.8, 4) is 6.07 Å². The van der Waals surface area contributed by atoms with Crippen LogP contribution in [0.3, 0.4) is 0 Å². The molecule has 0 spiro atoms. The van der Waals surface area contributed by atoms with E-state index in [0.29, 0.717) is 66.4 Å². The monoisotopic (exact) mass is 827 g/mol. The van der Waals surface area contributed by atoms with Gasteiger partial charge in [0.25, 0.3) is 0 Å². The summed E-state index contributed by atoms with van der Waals surface area (Å²) in [5.74, 6) is 0.439. The van der Waals surface area contributed by atoms with Crippen LogP contribution in [0, 0.1) is 17.2 Å². The predicted molar refractivity (Wildman–Crippen MR) is 220 cm³/mol. The summed E-state index contributed by atoms with van der Waals surface area (Å²) >= 11 is 5.90. The maximum atomic E-state index is 13.9. The molecule has 14 nitrogen and oxygen atoms in total. The Bertz CT molecular complexity index is 2220. The van der Waals surface area contributed by atoms with Gasteiger partial charge >= 0.3 is 0 Å². The highest BCUT2D eigenvalue weighted by Crippen LogP contribution is 2.48. The molecule has 58 heavy (non-hydrogen) atoms. The zero-order valence-electron chi connectivity index (χ0n) is 33.0. The normalized spacial score (nSPS) is 22.8. The number of benzene rings is 2. The third-order valence-electron chi connectivity index (χ3n) is 12.9. The minimum absolute atomic E-state index is 0.0423. The van der Waals surface area contributed by atoms with Crippen molar-refractivity contribution in [1.82, 2.24) is 24.5 Å². The highest BCUT2D eigenvalue weighted by atomic mass is 35.5. The standard InChI is InChI=1S/C42H50ClN9O5S/c1-42(2)38-33(4-3-5-34(38)52(40(42)55)35-8-9-37(53)48-39(35)54)28-12-16-49(17-13-28)26-27-10-18-50(19-11-27)36-22-32(7-6-29(36)23-44)58(56,57)51-20-14-31(15-21-51)47-41-45-24-30(43)25-46-41/h3-7,22,24-25,27-28,31,35H,8-21,26H2,1-2H3,(H,45,46,47)(H,48,53,54). The minimum Gasteiger partial charge on any atom is -0.370 e. The van der Waals surface area contributed by atoms with E-state index in [1.807, 2.05) is 26.0 Å². The predicted octanol–water partition coefficient (Wildman–Crippen LogP) is 4.79. The van der Waals surface area contributed by atoms with Crippen LogP contribution in [0.1, 0.15) is 87.8 Å². The second kappa shape index (κ2) is 16.2. The lowest BCUT2D eigenvalue weighted by molar-refractivity contribution is -0.136. The van der Waals surface area contributed by atoms with Gasteiger partial charge in [0, 0.05) is 50.9 Å². The van der Waals surface area contributed by atoms with Crippen molar-refractivity contribution in [3.63, 3.8) is 0 Å². The number of halogens is 1. The van der Waals surface area contributed by atoms with Crippen molar-refractivity contribution in [2.75, 3.05) is 60.9 Å². The van der Waals surface area contributed by atoms with Gasteiger partial charge < -0.3 is 15.1 Å². The molecule has 16 heteroatoms. The van der Waals surface area contributed by atoms with E-state index < -0.39 is 27.4 Å². The molecule has 4 fully saturated rings. The Labute approximate surface area is 345 Å². The Morgan fingerprint density at radius 3 is 2.29 bits per heavy atom. The van der Waals surface area contributed by atoms with Gasteiger partial charge in [0.15, 0.2) is 0 Å². The molecule has 6 heterocycles. The van der Waals surface area contributed by atoms with Crippen LogP contribution in [0.5, 0.6) is 0 Å². The number of imide groups is 1. The van der Waals surface area contributed by atoms with Gasteiger partial charge in [0.2, 0.25) is 33.7 Å². The summed E-state index contributed by atoms with van der Waals surface area (Å²) in [5.41, 5.74) is 3.35. The average molecular weight is 828 g/mol. The molecule has 1 unspecified atom stereocenters. The molecule has 0 bridgehead atoms. The number of nitrogens with zero attached hydrogens (tertiary/aromatic N) is 7. The average Bonchev–Trinajstić information content (AvgIpc) is 3.43. The van der Waals surface area contributed by atoms with Crippen LogP contribution in [-0.2, 0) is 29.8 Å². The topological polar surface area (TPSA) is 172 Å². The summed E-state index contributed by atoms with van der Waals surface area (Å²) in [7, 11) is -3.76. The number of amides is 3. The lowest BCUT2D eigenvalue weighted by Gasteiger charge is -2.39.